The van der Waals surface area contributed by atoms with Crippen molar-refractivity contribution in [2.45, 2.75) is 34.1 Å². The predicted octanol–water partition coefficient (Wildman–Crippen LogP) is 4.06. The maximum absolute atomic E-state index is 13.0. The summed E-state index contributed by atoms with van der Waals surface area (Å²) in [6.07, 6.45) is 0.883. The zero-order valence-electron chi connectivity index (χ0n) is 10.3. The first-order valence-corrected chi connectivity index (χ1v) is 5.45. The van der Waals surface area contributed by atoms with E-state index in [1.807, 2.05) is 19.9 Å². The molecule has 0 atom stereocenters. The van der Waals surface area contributed by atoms with Crippen LogP contribution in [-0.2, 0) is 6.42 Å². The lowest BCUT2D eigenvalue weighted by molar-refractivity contribution is 0.410. The highest BCUT2D eigenvalue weighted by atomic mass is 19.1. The number of benzene rings is 1. The highest BCUT2D eigenvalue weighted by Gasteiger charge is 2.02. The van der Waals surface area contributed by atoms with Crippen molar-refractivity contribution in [3.05, 3.63) is 29.6 Å². The largest absolute Gasteiger partial charge is 0.497 e. The van der Waals surface area contributed by atoms with Gasteiger partial charge in [-0.25, -0.2) is 4.39 Å². The smallest absolute Gasteiger partial charge is 0.127 e. The molecule has 86 valence electrons. The second kappa shape index (κ2) is 7.27. The number of hydrogen-bond donors (Lipinski definition) is 0. The molecule has 1 aromatic carbocycles. The van der Waals surface area contributed by atoms with Crippen molar-refractivity contribution in [2.75, 3.05) is 7.11 Å². The van der Waals surface area contributed by atoms with Crippen molar-refractivity contribution in [2.24, 2.45) is 5.92 Å². The minimum Gasteiger partial charge on any atom is -0.497 e. The topological polar surface area (TPSA) is 9.23 Å². The van der Waals surface area contributed by atoms with E-state index in [0.29, 0.717) is 11.7 Å². The summed E-state index contributed by atoms with van der Waals surface area (Å²) in [5.74, 6) is 0.900. The van der Waals surface area contributed by atoms with Gasteiger partial charge in [0, 0.05) is 6.07 Å². The highest BCUT2D eigenvalue weighted by Crippen LogP contribution is 2.18. The van der Waals surface area contributed by atoms with Gasteiger partial charge < -0.3 is 4.74 Å². The number of halogens is 1. The molecular formula is C13H21FO. The van der Waals surface area contributed by atoms with Gasteiger partial charge >= 0.3 is 0 Å². The van der Waals surface area contributed by atoms with E-state index in [1.54, 1.807) is 13.2 Å². The van der Waals surface area contributed by atoms with E-state index < -0.39 is 0 Å². The van der Waals surface area contributed by atoms with Gasteiger partial charge in [0.2, 0.25) is 0 Å². The Kier molecular flexibility index (Phi) is 6.76. The third-order valence-electron chi connectivity index (χ3n) is 1.81. The van der Waals surface area contributed by atoms with Gasteiger partial charge in [-0.3, -0.25) is 0 Å². The average Bonchev–Trinajstić information content (AvgIpc) is 2.18. The van der Waals surface area contributed by atoms with Crippen molar-refractivity contribution < 1.29 is 9.13 Å². The standard InChI is InChI=1S/C11H15FO.C2H6/c1-8(2)4-9-5-10(12)7-11(6-9)13-3;1-2/h5-8H,4H2,1-3H3;1-2H3. The van der Waals surface area contributed by atoms with Gasteiger partial charge in [-0.05, 0) is 30.0 Å². The van der Waals surface area contributed by atoms with Crippen LogP contribution in [0.4, 0.5) is 4.39 Å². The summed E-state index contributed by atoms with van der Waals surface area (Å²) in [5.41, 5.74) is 0.992. The van der Waals surface area contributed by atoms with Gasteiger partial charge in [0.15, 0.2) is 0 Å². The molecule has 0 radical (unpaired) electrons. The summed E-state index contributed by atoms with van der Waals surface area (Å²) in [5, 5.41) is 0. The summed E-state index contributed by atoms with van der Waals surface area (Å²) in [6.45, 7) is 8.22. The van der Waals surface area contributed by atoms with Crippen LogP contribution in [0.3, 0.4) is 0 Å². The van der Waals surface area contributed by atoms with E-state index in [2.05, 4.69) is 13.8 Å². The second-order valence-corrected chi connectivity index (χ2v) is 3.60. The van der Waals surface area contributed by atoms with Crippen molar-refractivity contribution in [3.8, 4) is 5.75 Å². The molecule has 1 aromatic rings. The van der Waals surface area contributed by atoms with E-state index in [0.717, 1.165) is 12.0 Å². The van der Waals surface area contributed by atoms with E-state index in [4.69, 9.17) is 4.74 Å². The molecule has 0 unspecified atom stereocenters. The fourth-order valence-electron chi connectivity index (χ4n) is 1.33. The lowest BCUT2D eigenvalue weighted by atomic mass is 10.0. The van der Waals surface area contributed by atoms with Crippen LogP contribution >= 0.6 is 0 Å². The van der Waals surface area contributed by atoms with Crippen LogP contribution in [0.2, 0.25) is 0 Å². The van der Waals surface area contributed by atoms with Crippen molar-refractivity contribution >= 4 is 0 Å². The van der Waals surface area contributed by atoms with E-state index in [1.165, 1.54) is 6.07 Å². The van der Waals surface area contributed by atoms with Crippen molar-refractivity contribution in [1.29, 1.82) is 0 Å². The van der Waals surface area contributed by atoms with Crippen LogP contribution in [0, 0.1) is 11.7 Å². The molecular weight excluding hydrogens is 191 g/mol. The van der Waals surface area contributed by atoms with Gasteiger partial charge in [0.05, 0.1) is 7.11 Å². The van der Waals surface area contributed by atoms with E-state index in [-0.39, 0.29) is 5.82 Å². The summed E-state index contributed by atoms with van der Waals surface area (Å²) < 4.78 is 18.0. The molecule has 0 saturated heterocycles. The molecule has 0 aliphatic heterocycles. The summed E-state index contributed by atoms with van der Waals surface area (Å²) >= 11 is 0. The minimum absolute atomic E-state index is 0.227. The molecule has 0 fully saturated rings. The van der Waals surface area contributed by atoms with Crippen LogP contribution in [0.5, 0.6) is 5.75 Å². The Bertz CT molecular complexity index is 282. The Morgan fingerprint density at radius 1 is 1.20 bits per heavy atom. The van der Waals surface area contributed by atoms with Gasteiger partial charge in [-0.2, -0.15) is 0 Å². The third kappa shape index (κ3) is 5.40. The minimum atomic E-state index is -0.227. The van der Waals surface area contributed by atoms with Crippen molar-refractivity contribution in [1.82, 2.24) is 0 Å². The Balaban J connectivity index is 0.000000921. The fraction of sp³-hybridized carbons (Fsp3) is 0.538. The molecule has 1 nitrogen and oxygen atoms in total. The summed E-state index contributed by atoms with van der Waals surface area (Å²) in [4.78, 5) is 0. The SMILES string of the molecule is CC.COc1cc(F)cc(CC(C)C)c1. The third-order valence-corrected chi connectivity index (χ3v) is 1.81. The highest BCUT2D eigenvalue weighted by molar-refractivity contribution is 5.29. The second-order valence-electron chi connectivity index (χ2n) is 3.60. The van der Waals surface area contributed by atoms with Crippen LogP contribution in [0.15, 0.2) is 18.2 Å². The number of rotatable bonds is 3. The van der Waals surface area contributed by atoms with Gasteiger partial charge in [-0.1, -0.05) is 27.7 Å². The summed E-state index contributed by atoms with van der Waals surface area (Å²) in [6, 6.07) is 4.83. The van der Waals surface area contributed by atoms with Crippen LogP contribution in [0.1, 0.15) is 33.3 Å². The molecule has 15 heavy (non-hydrogen) atoms. The summed E-state index contributed by atoms with van der Waals surface area (Å²) in [7, 11) is 1.55. The fourth-order valence-corrected chi connectivity index (χ4v) is 1.33. The first kappa shape index (κ1) is 13.9. The molecule has 0 heterocycles. The Labute approximate surface area is 92.3 Å². The lowest BCUT2D eigenvalue weighted by Gasteiger charge is -2.07. The first-order chi connectivity index (χ1) is 7.11. The van der Waals surface area contributed by atoms with Crippen LogP contribution < -0.4 is 4.74 Å². The zero-order valence-corrected chi connectivity index (χ0v) is 10.3. The molecule has 0 aliphatic rings. The number of ether oxygens (including phenoxy) is 1. The molecule has 2 heteroatoms. The zero-order chi connectivity index (χ0) is 11.8. The maximum atomic E-state index is 13.0. The van der Waals surface area contributed by atoms with Crippen LogP contribution in [0.25, 0.3) is 0 Å². The monoisotopic (exact) mass is 212 g/mol. The molecule has 0 saturated carbocycles. The number of methoxy groups -OCH3 is 1. The van der Waals surface area contributed by atoms with Crippen molar-refractivity contribution in [3.63, 3.8) is 0 Å². The van der Waals surface area contributed by atoms with Gasteiger partial charge in [0.1, 0.15) is 11.6 Å². The van der Waals surface area contributed by atoms with E-state index in [9.17, 15) is 4.39 Å². The molecule has 1 rings (SSSR count). The number of hydrogen-bond acceptors (Lipinski definition) is 1. The Hall–Kier alpha value is -1.05. The molecule has 0 aliphatic carbocycles. The first-order valence-electron chi connectivity index (χ1n) is 5.45. The average molecular weight is 212 g/mol. The van der Waals surface area contributed by atoms with Gasteiger partial charge in [-0.15, -0.1) is 0 Å². The Morgan fingerprint density at radius 3 is 2.27 bits per heavy atom. The van der Waals surface area contributed by atoms with E-state index >= 15 is 0 Å². The quantitative estimate of drug-likeness (QED) is 0.734. The maximum Gasteiger partial charge on any atom is 0.127 e. The van der Waals surface area contributed by atoms with Crippen LogP contribution in [-0.4, -0.2) is 7.11 Å². The normalized spacial score (nSPS) is 9.53. The molecule has 0 N–H and O–H groups in total. The predicted molar refractivity (Wildman–Crippen MR) is 62.8 cm³/mol. The van der Waals surface area contributed by atoms with Gasteiger partial charge in [0.25, 0.3) is 0 Å². The molecule has 0 aromatic heterocycles. The lowest BCUT2D eigenvalue weighted by Crippen LogP contribution is -1.95. The molecule has 0 bridgehead atoms. The molecule has 0 amide bonds. The Morgan fingerprint density at radius 2 is 1.80 bits per heavy atom. The molecule has 0 spiro atoms.